The molecule has 0 radical (unpaired) electrons. The summed E-state index contributed by atoms with van der Waals surface area (Å²) in [4.78, 5) is 12.5. The second-order valence-corrected chi connectivity index (χ2v) is 7.90. The standard InChI is InChI=1S/C20H26N2O4S/c1-3-17-10-12-18(13-11-17)22(16-20(23)21-14-7-15-26-2)27(24,25)19-8-5-4-6-9-19/h4-6,8-13H,3,7,14-16H2,1-2H3,(H,21,23). The van der Waals surface area contributed by atoms with Crippen LogP contribution in [-0.4, -0.2) is 41.1 Å². The van der Waals surface area contributed by atoms with Crippen molar-refractivity contribution in [2.75, 3.05) is 31.1 Å². The number of anilines is 1. The monoisotopic (exact) mass is 390 g/mol. The predicted octanol–water partition coefficient (Wildman–Crippen LogP) is 2.60. The van der Waals surface area contributed by atoms with Gasteiger partial charge in [0.15, 0.2) is 0 Å². The molecule has 2 rings (SSSR count). The average Bonchev–Trinajstić information content (AvgIpc) is 2.70. The number of hydrogen-bond acceptors (Lipinski definition) is 4. The molecule has 0 aliphatic rings. The van der Waals surface area contributed by atoms with Crippen LogP contribution in [0.5, 0.6) is 0 Å². The zero-order chi connectivity index (χ0) is 19.7. The van der Waals surface area contributed by atoms with Crippen LogP contribution in [0.15, 0.2) is 59.5 Å². The summed E-state index contributed by atoms with van der Waals surface area (Å²) in [6.45, 7) is 2.71. The number of nitrogens with one attached hydrogen (secondary N) is 1. The molecule has 6 nitrogen and oxygen atoms in total. The van der Waals surface area contributed by atoms with Crippen molar-refractivity contribution in [2.24, 2.45) is 0 Å². The van der Waals surface area contributed by atoms with E-state index in [-0.39, 0.29) is 17.3 Å². The number of methoxy groups -OCH3 is 1. The van der Waals surface area contributed by atoms with Gasteiger partial charge in [0.2, 0.25) is 5.91 Å². The number of hydrogen-bond donors (Lipinski definition) is 1. The molecule has 1 amide bonds. The van der Waals surface area contributed by atoms with E-state index >= 15 is 0 Å². The molecule has 0 unspecified atom stereocenters. The fraction of sp³-hybridized carbons (Fsp3) is 0.350. The Morgan fingerprint density at radius 3 is 2.33 bits per heavy atom. The number of nitrogens with zero attached hydrogens (tertiary/aromatic N) is 1. The van der Waals surface area contributed by atoms with Crippen molar-refractivity contribution >= 4 is 21.6 Å². The highest BCUT2D eigenvalue weighted by Crippen LogP contribution is 2.24. The zero-order valence-corrected chi connectivity index (χ0v) is 16.5. The lowest BCUT2D eigenvalue weighted by Crippen LogP contribution is -2.41. The summed E-state index contributed by atoms with van der Waals surface area (Å²) in [7, 11) is -2.26. The summed E-state index contributed by atoms with van der Waals surface area (Å²) < 4.78 is 32.3. The van der Waals surface area contributed by atoms with Crippen LogP contribution in [0.1, 0.15) is 18.9 Å². The van der Waals surface area contributed by atoms with E-state index in [9.17, 15) is 13.2 Å². The van der Waals surface area contributed by atoms with Crippen molar-refractivity contribution in [1.82, 2.24) is 5.32 Å². The Labute approximate surface area is 161 Å². The molecule has 0 bridgehead atoms. The molecular weight excluding hydrogens is 364 g/mol. The van der Waals surface area contributed by atoms with Gasteiger partial charge in [0.05, 0.1) is 10.6 Å². The van der Waals surface area contributed by atoms with E-state index in [2.05, 4.69) is 5.32 Å². The average molecular weight is 391 g/mol. The summed E-state index contributed by atoms with van der Waals surface area (Å²) in [5, 5.41) is 2.74. The highest BCUT2D eigenvalue weighted by atomic mass is 32.2. The fourth-order valence-electron chi connectivity index (χ4n) is 2.56. The fourth-order valence-corrected chi connectivity index (χ4v) is 4.01. The summed E-state index contributed by atoms with van der Waals surface area (Å²) in [5.74, 6) is -0.356. The van der Waals surface area contributed by atoms with E-state index in [1.807, 2.05) is 19.1 Å². The molecule has 0 atom stereocenters. The van der Waals surface area contributed by atoms with E-state index in [0.29, 0.717) is 25.3 Å². The van der Waals surface area contributed by atoms with Crippen molar-refractivity contribution < 1.29 is 17.9 Å². The zero-order valence-electron chi connectivity index (χ0n) is 15.7. The van der Waals surface area contributed by atoms with Gasteiger partial charge in [-0.1, -0.05) is 37.3 Å². The lowest BCUT2D eigenvalue weighted by Gasteiger charge is -2.24. The minimum absolute atomic E-state index is 0.150. The number of sulfonamides is 1. The molecule has 0 saturated carbocycles. The van der Waals surface area contributed by atoms with Gasteiger partial charge in [-0.15, -0.1) is 0 Å². The number of rotatable bonds is 10. The number of aryl methyl sites for hydroxylation is 1. The van der Waals surface area contributed by atoms with E-state index in [0.717, 1.165) is 16.3 Å². The molecule has 0 aliphatic carbocycles. The molecule has 0 aromatic heterocycles. The van der Waals surface area contributed by atoms with Crippen molar-refractivity contribution in [3.05, 3.63) is 60.2 Å². The minimum atomic E-state index is -3.86. The molecule has 7 heteroatoms. The van der Waals surface area contributed by atoms with Gasteiger partial charge in [0, 0.05) is 20.3 Å². The SMILES string of the molecule is CCc1ccc(N(CC(=O)NCCCOC)S(=O)(=O)c2ccccc2)cc1. The van der Waals surface area contributed by atoms with Crippen LogP contribution >= 0.6 is 0 Å². The lowest BCUT2D eigenvalue weighted by molar-refractivity contribution is -0.119. The van der Waals surface area contributed by atoms with Crippen molar-refractivity contribution in [1.29, 1.82) is 0 Å². The Morgan fingerprint density at radius 1 is 1.07 bits per heavy atom. The number of amides is 1. The minimum Gasteiger partial charge on any atom is -0.385 e. The van der Waals surface area contributed by atoms with E-state index < -0.39 is 10.0 Å². The Kier molecular flexibility index (Phi) is 7.82. The summed E-state index contributed by atoms with van der Waals surface area (Å²) in [5.41, 5.74) is 1.56. The second kappa shape index (κ2) is 10.1. The Hall–Kier alpha value is -2.38. The molecule has 2 aromatic carbocycles. The predicted molar refractivity (Wildman–Crippen MR) is 106 cm³/mol. The molecule has 27 heavy (non-hydrogen) atoms. The number of carbonyl (C=O) groups is 1. The number of ether oxygens (including phenoxy) is 1. The summed E-state index contributed by atoms with van der Waals surface area (Å²) in [6.07, 6.45) is 1.52. The molecule has 0 aliphatic heterocycles. The van der Waals surface area contributed by atoms with Crippen LogP contribution in [0.4, 0.5) is 5.69 Å². The van der Waals surface area contributed by atoms with Gasteiger partial charge in [-0.2, -0.15) is 0 Å². The van der Waals surface area contributed by atoms with Gasteiger partial charge in [-0.3, -0.25) is 9.10 Å². The molecule has 1 N–H and O–H groups in total. The van der Waals surface area contributed by atoms with Crippen LogP contribution < -0.4 is 9.62 Å². The highest BCUT2D eigenvalue weighted by Gasteiger charge is 2.26. The lowest BCUT2D eigenvalue weighted by atomic mass is 10.1. The van der Waals surface area contributed by atoms with Crippen molar-refractivity contribution in [3.8, 4) is 0 Å². The quantitative estimate of drug-likeness (QED) is 0.633. The van der Waals surface area contributed by atoms with E-state index in [1.165, 1.54) is 12.1 Å². The third-order valence-corrected chi connectivity index (χ3v) is 5.89. The topological polar surface area (TPSA) is 75.7 Å². The summed E-state index contributed by atoms with van der Waals surface area (Å²) in [6, 6.07) is 15.3. The Bertz CT molecular complexity index is 821. The maximum Gasteiger partial charge on any atom is 0.264 e. The molecule has 0 spiro atoms. The largest absolute Gasteiger partial charge is 0.385 e. The van der Waals surface area contributed by atoms with Gasteiger partial charge < -0.3 is 10.1 Å². The maximum absolute atomic E-state index is 13.1. The van der Waals surface area contributed by atoms with Crippen LogP contribution in [0, 0.1) is 0 Å². The smallest absolute Gasteiger partial charge is 0.264 e. The van der Waals surface area contributed by atoms with Crippen molar-refractivity contribution in [2.45, 2.75) is 24.7 Å². The molecule has 0 fully saturated rings. The summed E-state index contributed by atoms with van der Waals surface area (Å²) >= 11 is 0. The van der Waals surface area contributed by atoms with Gasteiger partial charge >= 0.3 is 0 Å². The van der Waals surface area contributed by atoms with Gasteiger partial charge in [-0.25, -0.2) is 8.42 Å². The third kappa shape index (κ3) is 5.80. The third-order valence-electron chi connectivity index (χ3n) is 4.10. The molecule has 2 aromatic rings. The Morgan fingerprint density at radius 2 is 1.74 bits per heavy atom. The van der Waals surface area contributed by atoms with Crippen LogP contribution in [-0.2, 0) is 26.0 Å². The normalized spacial score (nSPS) is 11.2. The highest BCUT2D eigenvalue weighted by molar-refractivity contribution is 7.92. The Balaban J connectivity index is 2.27. The molecule has 146 valence electrons. The van der Waals surface area contributed by atoms with E-state index in [1.54, 1.807) is 37.4 Å². The second-order valence-electron chi connectivity index (χ2n) is 6.04. The van der Waals surface area contributed by atoms with E-state index in [4.69, 9.17) is 4.74 Å². The molecule has 0 heterocycles. The first kappa shape index (κ1) is 20.9. The van der Waals surface area contributed by atoms with Gasteiger partial charge in [-0.05, 0) is 42.7 Å². The first-order chi connectivity index (χ1) is 13.0. The first-order valence-corrected chi connectivity index (χ1v) is 10.4. The molecular formula is C20H26N2O4S. The number of benzene rings is 2. The number of carbonyl (C=O) groups excluding carboxylic acids is 1. The van der Waals surface area contributed by atoms with Crippen LogP contribution in [0.2, 0.25) is 0 Å². The molecule has 0 saturated heterocycles. The van der Waals surface area contributed by atoms with Crippen molar-refractivity contribution in [3.63, 3.8) is 0 Å². The van der Waals surface area contributed by atoms with Crippen LogP contribution in [0.3, 0.4) is 0 Å². The first-order valence-electron chi connectivity index (χ1n) is 8.91. The van der Waals surface area contributed by atoms with Gasteiger partial charge in [0.25, 0.3) is 10.0 Å². The maximum atomic E-state index is 13.1. The van der Waals surface area contributed by atoms with Gasteiger partial charge in [0.1, 0.15) is 6.54 Å². The van der Waals surface area contributed by atoms with Crippen LogP contribution in [0.25, 0.3) is 0 Å².